The molecule has 102 valence electrons. The van der Waals surface area contributed by atoms with Gasteiger partial charge in [-0.3, -0.25) is 0 Å². The highest BCUT2D eigenvalue weighted by molar-refractivity contribution is 5.36. The molecule has 2 heteroatoms. The molecule has 0 atom stereocenters. The maximum Gasteiger partial charge on any atom is 0.0767 e. The molecule has 2 nitrogen and oxygen atoms in total. The normalized spacial score (nSPS) is 12.9. The van der Waals surface area contributed by atoms with Crippen LogP contribution in [-0.4, -0.2) is 16.2 Å². The van der Waals surface area contributed by atoms with Gasteiger partial charge in [0.1, 0.15) is 0 Å². The topological polar surface area (TPSA) is 32.3 Å². The summed E-state index contributed by atoms with van der Waals surface area (Å²) in [4.78, 5) is 0. The number of aliphatic hydroxyl groups is 1. The summed E-state index contributed by atoms with van der Waals surface area (Å²) in [5, 5.41) is 13.6. The van der Waals surface area contributed by atoms with Crippen molar-refractivity contribution in [1.82, 2.24) is 5.32 Å². The molecule has 0 aliphatic carbocycles. The third-order valence-corrected chi connectivity index (χ3v) is 4.20. The van der Waals surface area contributed by atoms with Crippen molar-refractivity contribution in [2.24, 2.45) is 0 Å². The zero-order valence-electron chi connectivity index (χ0n) is 12.8. The van der Waals surface area contributed by atoms with E-state index in [0.717, 1.165) is 6.54 Å². The summed E-state index contributed by atoms with van der Waals surface area (Å²) in [7, 11) is 0. The average molecular weight is 249 g/mol. The summed E-state index contributed by atoms with van der Waals surface area (Å²) >= 11 is 0. The van der Waals surface area contributed by atoms with Crippen molar-refractivity contribution < 1.29 is 5.11 Å². The fourth-order valence-corrected chi connectivity index (χ4v) is 1.74. The summed E-state index contributed by atoms with van der Waals surface area (Å²) in [5.41, 5.74) is 4.18. The van der Waals surface area contributed by atoms with E-state index in [4.69, 9.17) is 0 Å². The molecule has 1 aromatic carbocycles. The molecule has 0 aliphatic rings. The second-order valence-electron chi connectivity index (χ2n) is 6.40. The Morgan fingerprint density at radius 3 is 1.94 bits per heavy atom. The van der Waals surface area contributed by atoms with Crippen molar-refractivity contribution in [1.29, 1.82) is 0 Å². The molecule has 0 unspecified atom stereocenters. The van der Waals surface area contributed by atoms with Crippen LogP contribution in [0.4, 0.5) is 0 Å². The highest BCUT2D eigenvalue weighted by Gasteiger charge is 2.34. The lowest BCUT2D eigenvalue weighted by Crippen LogP contribution is -2.55. The maximum atomic E-state index is 10.1. The summed E-state index contributed by atoms with van der Waals surface area (Å²) in [5.74, 6) is 0. The molecule has 0 radical (unpaired) electrons. The monoisotopic (exact) mass is 249 g/mol. The van der Waals surface area contributed by atoms with Crippen LogP contribution in [0, 0.1) is 20.8 Å². The van der Waals surface area contributed by atoms with E-state index in [2.05, 4.69) is 38.2 Å². The van der Waals surface area contributed by atoms with Crippen LogP contribution >= 0.6 is 0 Å². The lowest BCUT2D eigenvalue weighted by atomic mass is 9.85. The van der Waals surface area contributed by atoms with Crippen LogP contribution in [0.1, 0.15) is 49.9 Å². The Labute approximate surface area is 111 Å². The van der Waals surface area contributed by atoms with Gasteiger partial charge in [0.15, 0.2) is 0 Å². The predicted octanol–water partition coefficient (Wildman–Crippen LogP) is 3.25. The minimum Gasteiger partial charge on any atom is -0.389 e. The van der Waals surface area contributed by atoms with Crippen LogP contribution in [0.15, 0.2) is 12.1 Å². The largest absolute Gasteiger partial charge is 0.389 e. The fourth-order valence-electron chi connectivity index (χ4n) is 1.74. The van der Waals surface area contributed by atoms with Gasteiger partial charge in [-0.15, -0.1) is 0 Å². The van der Waals surface area contributed by atoms with Crippen LogP contribution in [0.3, 0.4) is 0 Å². The molecule has 0 aromatic heterocycles. The van der Waals surface area contributed by atoms with Gasteiger partial charge in [0.05, 0.1) is 5.60 Å². The number of hydrogen-bond donors (Lipinski definition) is 2. The lowest BCUT2D eigenvalue weighted by Gasteiger charge is -2.38. The molecular weight excluding hydrogens is 222 g/mol. The highest BCUT2D eigenvalue weighted by Crippen LogP contribution is 2.22. The zero-order valence-corrected chi connectivity index (χ0v) is 12.8. The minimum atomic E-state index is -0.749. The number of hydrogen-bond acceptors (Lipinski definition) is 2. The van der Waals surface area contributed by atoms with Crippen LogP contribution in [-0.2, 0) is 6.54 Å². The molecule has 0 saturated heterocycles. The molecule has 1 aromatic rings. The number of nitrogens with one attached hydrogen (secondary N) is 1. The van der Waals surface area contributed by atoms with E-state index in [0.29, 0.717) is 0 Å². The number of benzene rings is 1. The van der Waals surface area contributed by atoms with E-state index < -0.39 is 5.60 Å². The predicted molar refractivity (Wildman–Crippen MR) is 77.9 cm³/mol. The van der Waals surface area contributed by atoms with Gasteiger partial charge in [-0.25, -0.2) is 0 Å². The maximum absolute atomic E-state index is 10.1. The smallest absolute Gasteiger partial charge is 0.0767 e. The third kappa shape index (κ3) is 3.33. The van der Waals surface area contributed by atoms with Crippen molar-refractivity contribution in [3.8, 4) is 0 Å². The Morgan fingerprint density at radius 2 is 1.44 bits per heavy atom. The summed E-state index contributed by atoms with van der Waals surface area (Å²) in [6.07, 6.45) is 0. The molecule has 2 N–H and O–H groups in total. The van der Waals surface area contributed by atoms with E-state index in [-0.39, 0.29) is 5.54 Å². The van der Waals surface area contributed by atoms with Gasteiger partial charge >= 0.3 is 0 Å². The second kappa shape index (κ2) is 5.02. The molecule has 1 rings (SSSR count). The molecule has 0 bridgehead atoms. The first-order valence-electron chi connectivity index (χ1n) is 6.59. The van der Waals surface area contributed by atoms with Crippen LogP contribution in [0.2, 0.25) is 0 Å². The van der Waals surface area contributed by atoms with Crippen molar-refractivity contribution in [2.75, 3.05) is 0 Å². The molecule has 0 saturated carbocycles. The molecular formula is C16H27NO. The zero-order chi connectivity index (χ0) is 14.1. The van der Waals surface area contributed by atoms with E-state index in [1.165, 1.54) is 22.3 Å². The Kier molecular flexibility index (Phi) is 4.24. The first-order chi connectivity index (χ1) is 8.04. The molecule has 18 heavy (non-hydrogen) atoms. The van der Waals surface area contributed by atoms with Crippen LogP contribution < -0.4 is 5.32 Å². The van der Waals surface area contributed by atoms with Gasteiger partial charge < -0.3 is 10.4 Å². The first-order valence-corrected chi connectivity index (χ1v) is 6.59. The fraction of sp³-hybridized carbons (Fsp3) is 0.625. The number of aryl methyl sites for hydroxylation is 3. The summed E-state index contributed by atoms with van der Waals surface area (Å²) in [6.45, 7) is 14.9. The minimum absolute atomic E-state index is 0.321. The van der Waals surface area contributed by atoms with Crippen LogP contribution in [0.5, 0.6) is 0 Å². The summed E-state index contributed by atoms with van der Waals surface area (Å²) < 4.78 is 0. The lowest BCUT2D eigenvalue weighted by molar-refractivity contribution is -0.00534. The average Bonchev–Trinajstić information content (AvgIpc) is 2.20. The molecule has 0 spiro atoms. The molecule has 0 aliphatic heterocycles. The molecule has 0 fully saturated rings. The van der Waals surface area contributed by atoms with Crippen LogP contribution in [0.25, 0.3) is 0 Å². The van der Waals surface area contributed by atoms with Crippen molar-refractivity contribution in [3.63, 3.8) is 0 Å². The van der Waals surface area contributed by atoms with Gasteiger partial charge in [-0.2, -0.15) is 0 Å². The first kappa shape index (κ1) is 15.2. The van der Waals surface area contributed by atoms with Gasteiger partial charge in [-0.05, 0) is 70.7 Å². The van der Waals surface area contributed by atoms with Gasteiger partial charge in [0.2, 0.25) is 0 Å². The Bertz CT molecular complexity index is 427. The Morgan fingerprint density at radius 1 is 0.944 bits per heavy atom. The van der Waals surface area contributed by atoms with Gasteiger partial charge in [-0.1, -0.05) is 12.1 Å². The molecule has 0 amide bonds. The highest BCUT2D eigenvalue weighted by atomic mass is 16.3. The van der Waals surface area contributed by atoms with Gasteiger partial charge in [0, 0.05) is 12.1 Å². The van der Waals surface area contributed by atoms with Crippen molar-refractivity contribution >= 4 is 0 Å². The standard InChI is InChI=1S/C16H27NO/c1-11-8-13(3)14(9-12(11)2)10-17-15(4,5)16(6,7)18/h8-9,17-18H,10H2,1-7H3. The SMILES string of the molecule is Cc1cc(C)c(CNC(C)(C)C(C)(C)O)cc1C. The molecule has 0 heterocycles. The Balaban J connectivity index is 2.85. The van der Waals surface area contributed by atoms with Crippen molar-refractivity contribution in [3.05, 3.63) is 34.4 Å². The number of rotatable bonds is 4. The van der Waals surface area contributed by atoms with Gasteiger partial charge in [0.25, 0.3) is 0 Å². The third-order valence-electron chi connectivity index (χ3n) is 4.20. The quantitative estimate of drug-likeness (QED) is 0.858. The second-order valence-corrected chi connectivity index (χ2v) is 6.40. The Hall–Kier alpha value is -0.860. The van der Waals surface area contributed by atoms with E-state index in [1.807, 2.05) is 27.7 Å². The summed E-state index contributed by atoms with van der Waals surface area (Å²) in [6, 6.07) is 4.46. The van der Waals surface area contributed by atoms with E-state index in [9.17, 15) is 5.11 Å². The van der Waals surface area contributed by atoms with E-state index in [1.54, 1.807) is 0 Å². The van der Waals surface area contributed by atoms with Crippen molar-refractivity contribution in [2.45, 2.75) is 66.2 Å². The van der Waals surface area contributed by atoms with E-state index >= 15 is 0 Å².